The van der Waals surface area contributed by atoms with Gasteiger partial charge in [-0.3, -0.25) is 4.79 Å². The first-order valence-corrected chi connectivity index (χ1v) is 12.0. The van der Waals surface area contributed by atoms with Gasteiger partial charge in [0.1, 0.15) is 12.4 Å². The topological polar surface area (TPSA) is 74.1 Å². The summed E-state index contributed by atoms with van der Waals surface area (Å²) in [5, 5.41) is 8.53. The average Bonchev–Trinajstić information content (AvgIpc) is 3.30. The molecular formula is C27H33N3O4. The van der Waals surface area contributed by atoms with Gasteiger partial charge in [0.25, 0.3) is 5.91 Å². The zero-order valence-electron chi connectivity index (χ0n) is 19.7. The van der Waals surface area contributed by atoms with E-state index in [1.165, 1.54) is 10.9 Å². The molecular weight excluding hydrogens is 430 g/mol. The van der Waals surface area contributed by atoms with Crippen LogP contribution < -0.4 is 10.1 Å². The minimum atomic E-state index is -0.102. The molecule has 7 heteroatoms. The molecule has 0 unspecified atom stereocenters. The van der Waals surface area contributed by atoms with Crippen LogP contribution >= 0.6 is 0 Å². The van der Waals surface area contributed by atoms with Crippen molar-refractivity contribution in [3.8, 4) is 5.75 Å². The molecule has 1 aromatic heterocycles. The molecule has 1 fully saturated rings. The highest BCUT2D eigenvalue weighted by Gasteiger charge is 2.14. The largest absolute Gasteiger partial charge is 0.484 e. The third kappa shape index (κ3) is 6.60. The second-order valence-electron chi connectivity index (χ2n) is 8.47. The molecule has 1 aliphatic heterocycles. The number of fused-ring (bicyclic) bond motifs is 1. The molecule has 3 aromatic rings. The van der Waals surface area contributed by atoms with E-state index in [1.807, 2.05) is 36.4 Å². The van der Waals surface area contributed by atoms with Crippen LogP contribution in [-0.4, -0.2) is 49.2 Å². The lowest BCUT2D eigenvalue weighted by atomic mass is 10.0. The number of hydrogen-bond donors (Lipinski definition) is 1. The monoisotopic (exact) mass is 463 g/mol. The molecule has 0 spiro atoms. The van der Waals surface area contributed by atoms with E-state index in [9.17, 15) is 4.79 Å². The zero-order chi connectivity index (χ0) is 23.6. The summed E-state index contributed by atoms with van der Waals surface area (Å²) in [4.78, 5) is 17.7. The normalized spacial score (nSPS) is 14.8. The molecule has 180 valence electrons. The summed E-state index contributed by atoms with van der Waals surface area (Å²) in [5.74, 6) is 1.05. The average molecular weight is 464 g/mol. The second-order valence-corrected chi connectivity index (χ2v) is 8.47. The van der Waals surface area contributed by atoms with Crippen LogP contribution in [-0.2, 0) is 20.9 Å². The van der Waals surface area contributed by atoms with Gasteiger partial charge in [0.15, 0.2) is 6.61 Å². The van der Waals surface area contributed by atoms with Crippen molar-refractivity contribution in [3.05, 3.63) is 66.4 Å². The molecule has 1 amide bonds. The molecule has 2 aromatic carbocycles. The van der Waals surface area contributed by atoms with Crippen molar-refractivity contribution in [1.82, 2.24) is 9.88 Å². The molecule has 0 saturated carbocycles. The van der Waals surface area contributed by atoms with Gasteiger partial charge in [-0.1, -0.05) is 30.3 Å². The molecule has 1 saturated heterocycles. The second kappa shape index (κ2) is 12.2. The van der Waals surface area contributed by atoms with E-state index in [-0.39, 0.29) is 12.5 Å². The number of carbonyl (C=O) groups is 1. The van der Waals surface area contributed by atoms with Crippen molar-refractivity contribution in [2.24, 2.45) is 11.1 Å². The lowest BCUT2D eigenvalue weighted by Crippen LogP contribution is -2.35. The number of carbonyl (C=O) groups excluding carboxylic acids is 1. The number of para-hydroxylation sites is 1. The summed E-state index contributed by atoms with van der Waals surface area (Å²) in [6.07, 6.45) is 4.82. The Hall–Kier alpha value is -3.32. The molecule has 0 radical (unpaired) electrons. The van der Waals surface area contributed by atoms with Crippen LogP contribution in [0.3, 0.4) is 0 Å². The summed E-state index contributed by atoms with van der Waals surface area (Å²) in [6.45, 7) is 5.53. The maximum atomic E-state index is 12.1. The van der Waals surface area contributed by atoms with Gasteiger partial charge in [-0.25, -0.2) is 0 Å². The SMILES string of the molecule is CCC(=NOCCn1ccc2ccccc21)c1ccc(OCC(=O)NCC2CCOCC2)cc1. The first-order valence-electron chi connectivity index (χ1n) is 12.0. The highest BCUT2D eigenvalue weighted by molar-refractivity contribution is 6.00. The van der Waals surface area contributed by atoms with Gasteiger partial charge in [0, 0.05) is 31.5 Å². The zero-order valence-corrected chi connectivity index (χ0v) is 19.7. The summed E-state index contributed by atoms with van der Waals surface area (Å²) in [7, 11) is 0. The molecule has 0 atom stereocenters. The summed E-state index contributed by atoms with van der Waals surface area (Å²) in [5.41, 5.74) is 3.04. The summed E-state index contributed by atoms with van der Waals surface area (Å²) < 4.78 is 13.2. The van der Waals surface area contributed by atoms with Gasteiger partial charge in [-0.05, 0) is 72.5 Å². The van der Waals surface area contributed by atoms with Gasteiger partial charge in [0.2, 0.25) is 0 Å². The third-order valence-electron chi connectivity index (χ3n) is 6.10. The predicted octanol–water partition coefficient (Wildman–Crippen LogP) is 4.39. The Morgan fingerprint density at radius 3 is 2.71 bits per heavy atom. The number of benzene rings is 2. The molecule has 0 bridgehead atoms. The fourth-order valence-electron chi connectivity index (χ4n) is 4.07. The van der Waals surface area contributed by atoms with Gasteiger partial charge in [-0.2, -0.15) is 0 Å². The van der Waals surface area contributed by atoms with E-state index in [2.05, 4.69) is 46.4 Å². The van der Waals surface area contributed by atoms with E-state index in [4.69, 9.17) is 14.3 Å². The van der Waals surface area contributed by atoms with Gasteiger partial charge in [-0.15, -0.1) is 0 Å². The highest BCUT2D eigenvalue weighted by Crippen LogP contribution is 2.16. The summed E-state index contributed by atoms with van der Waals surface area (Å²) >= 11 is 0. The first-order chi connectivity index (χ1) is 16.7. The molecule has 1 N–H and O–H groups in total. The Morgan fingerprint density at radius 2 is 1.91 bits per heavy atom. The fourth-order valence-corrected chi connectivity index (χ4v) is 4.07. The third-order valence-corrected chi connectivity index (χ3v) is 6.10. The Kier molecular flexibility index (Phi) is 8.57. The number of oxime groups is 1. The van der Waals surface area contributed by atoms with Crippen LogP contribution in [0, 0.1) is 5.92 Å². The number of rotatable bonds is 11. The van der Waals surface area contributed by atoms with Gasteiger partial charge in [0.05, 0.1) is 12.3 Å². The number of ether oxygens (including phenoxy) is 2. The number of hydrogen-bond acceptors (Lipinski definition) is 5. The van der Waals surface area contributed by atoms with Crippen molar-refractivity contribution in [2.45, 2.75) is 32.7 Å². The van der Waals surface area contributed by atoms with Crippen LogP contribution in [0.2, 0.25) is 0 Å². The summed E-state index contributed by atoms with van der Waals surface area (Å²) in [6, 6.07) is 18.0. The van der Waals surface area contributed by atoms with Crippen LogP contribution in [0.5, 0.6) is 5.75 Å². The number of nitrogens with one attached hydrogen (secondary N) is 1. The van der Waals surface area contributed by atoms with Crippen LogP contribution in [0.25, 0.3) is 10.9 Å². The Labute approximate surface area is 200 Å². The maximum Gasteiger partial charge on any atom is 0.257 e. The van der Waals surface area contributed by atoms with E-state index in [0.717, 1.165) is 50.3 Å². The minimum absolute atomic E-state index is 0.00841. The molecule has 7 nitrogen and oxygen atoms in total. The quantitative estimate of drug-likeness (QED) is 0.260. The Balaban J connectivity index is 1.21. The van der Waals surface area contributed by atoms with Crippen molar-refractivity contribution < 1.29 is 19.1 Å². The van der Waals surface area contributed by atoms with Crippen molar-refractivity contribution in [3.63, 3.8) is 0 Å². The van der Waals surface area contributed by atoms with Crippen molar-refractivity contribution in [1.29, 1.82) is 0 Å². The Bertz CT molecular complexity index is 1080. The van der Waals surface area contributed by atoms with E-state index in [1.54, 1.807) is 0 Å². The standard InChI is InChI=1S/C27H33N3O4/c1-2-25(29-34-18-15-30-14-11-23-5-3-4-6-26(23)30)22-7-9-24(10-8-22)33-20-27(31)28-19-21-12-16-32-17-13-21/h3-11,14,21H,2,12-13,15-20H2,1H3,(H,28,31). The minimum Gasteiger partial charge on any atom is -0.484 e. The van der Waals surface area contributed by atoms with Crippen molar-refractivity contribution >= 4 is 22.5 Å². The number of nitrogens with zero attached hydrogens (tertiary/aromatic N) is 2. The van der Waals surface area contributed by atoms with Crippen LogP contribution in [0.1, 0.15) is 31.7 Å². The van der Waals surface area contributed by atoms with Crippen molar-refractivity contribution in [2.75, 3.05) is 33.0 Å². The highest BCUT2D eigenvalue weighted by atomic mass is 16.6. The molecule has 34 heavy (non-hydrogen) atoms. The van der Waals surface area contributed by atoms with E-state index < -0.39 is 0 Å². The fraction of sp³-hybridized carbons (Fsp3) is 0.407. The van der Waals surface area contributed by atoms with Crippen LogP contribution in [0.4, 0.5) is 0 Å². The molecule has 2 heterocycles. The lowest BCUT2D eigenvalue weighted by molar-refractivity contribution is -0.123. The first kappa shape index (κ1) is 23.8. The maximum absolute atomic E-state index is 12.1. The molecule has 4 rings (SSSR count). The molecule has 0 aliphatic carbocycles. The van der Waals surface area contributed by atoms with E-state index in [0.29, 0.717) is 24.8 Å². The predicted molar refractivity (Wildman–Crippen MR) is 133 cm³/mol. The van der Waals surface area contributed by atoms with Gasteiger partial charge >= 0.3 is 0 Å². The van der Waals surface area contributed by atoms with E-state index >= 15 is 0 Å². The lowest BCUT2D eigenvalue weighted by Gasteiger charge is -2.22. The van der Waals surface area contributed by atoms with Crippen LogP contribution in [0.15, 0.2) is 65.9 Å². The number of aromatic nitrogens is 1. The smallest absolute Gasteiger partial charge is 0.257 e. The van der Waals surface area contributed by atoms with Gasteiger partial charge < -0.3 is 24.2 Å². The molecule has 1 aliphatic rings. The number of amides is 1. The Morgan fingerprint density at radius 1 is 1.12 bits per heavy atom.